The maximum absolute atomic E-state index is 14.4. The van der Waals surface area contributed by atoms with Crippen molar-refractivity contribution >= 4 is 5.78 Å². The minimum absolute atomic E-state index is 0.00623. The normalized spacial score (nSPS) is 14.9. The molecule has 1 aromatic carbocycles. The summed E-state index contributed by atoms with van der Waals surface area (Å²) in [5.41, 5.74) is 2.36. The van der Waals surface area contributed by atoms with Gasteiger partial charge in [0.15, 0.2) is 17.3 Å². The summed E-state index contributed by atoms with van der Waals surface area (Å²) < 4.78 is 20.1. The number of carbonyl (C=O) groups excluding carboxylic acids is 1. The molecule has 1 unspecified atom stereocenters. The second-order valence-electron chi connectivity index (χ2n) is 5.11. The molecule has 2 aromatic rings. The second-order valence-corrected chi connectivity index (χ2v) is 5.11. The summed E-state index contributed by atoms with van der Waals surface area (Å²) in [4.78, 5) is 20.0. The number of aromatic nitrogens is 2. The molecule has 0 radical (unpaired) electrons. The summed E-state index contributed by atoms with van der Waals surface area (Å²) in [5, 5.41) is 0. The first-order valence-corrected chi connectivity index (χ1v) is 6.86. The minimum atomic E-state index is -0.438. The van der Waals surface area contributed by atoms with Crippen LogP contribution < -0.4 is 4.74 Å². The number of benzene rings is 1. The van der Waals surface area contributed by atoms with Crippen LogP contribution in [0.4, 0.5) is 4.39 Å². The van der Waals surface area contributed by atoms with Crippen molar-refractivity contribution < 1.29 is 13.9 Å². The molecule has 0 saturated carbocycles. The van der Waals surface area contributed by atoms with Crippen LogP contribution in [0.25, 0.3) is 0 Å². The van der Waals surface area contributed by atoms with E-state index in [1.807, 2.05) is 6.92 Å². The van der Waals surface area contributed by atoms with Crippen molar-refractivity contribution in [3.05, 3.63) is 52.9 Å². The number of Topliss-reactive ketones (excluding diaryl/α,β-unsaturated/α-hetero) is 1. The number of fused-ring (bicyclic) bond motifs is 1. The molecule has 1 atom stereocenters. The number of carbonyl (C=O) groups is 1. The number of aryl methyl sites for hydroxylation is 1. The van der Waals surface area contributed by atoms with Crippen LogP contribution in [0.5, 0.6) is 5.75 Å². The summed E-state index contributed by atoms with van der Waals surface area (Å²) in [6, 6.07) is 3.15. The molecule has 21 heavy (non-hydrogen) atoms. The van der Waals surface area contributed by atoms with Crippen LogP contribution >= 0.6 is 0 Å². The van der Waals surface area contributed by atoms with Crippen LogP contribution in [0.3, 0.4) is 0 Å². The van der Waals surface area contributed by atoms with Crippen molar-refractivity contribution in [3.8, 4) is 5.75 Å². The fourth-order valence-electron chi connectivity index (χ4n) is 2.63. The topological polar surface area (TPSA) is 52.1 Å². The Morgan fingerprint density at radius 2 is 2.00 bits per heavy atom. The molecule has 108 valence electrons. The zero-order valence-corrected chi connectivity index (χ0v) is 11.9. The standard InChI is InChI=1S/C16H15FN2O2/c1-9-16(19-8-7-18-9)10(2)21-14-6-4-11-12(15(14)17)3-5-13(11)20/h4,6-8,10H,3,5H2,1-2H3. The Kier molecular flexibility index (Phi) is 3.41. The predicted molar refractivity (Wildman–Crippen MR) is 74.9 cm³/mol. The number of ketones is 1. The molecule has 1 aromatic heterocycles. The summed E-state index contributed by atoms with van der Waals surface area (Å²) in [6.45, 7) is 3.63. The van der Waals surface area contributed by atoms with E-state index in [2.05, 4.69) is 9.97 Å². The zero-order valence-electron chi connectivity index (χ0n) is 11.9. The lowest BCUT2D eigenvalue weighted by molar-refractivity contribution is 0.0994. The molecule has 0 saturated heterocycles. The lowest BCUT2D eigenvalue weighted by Crippen LogP contribution is -2.10. The Morgan fingerprint density at radius 1 is 1.24 bits per heavy atom. The van der Waals surface area contributed by atoms with Crippen molar-refractivity contribution in [2.24, 2.45) is 0 Å². The van der Waals surface area contributed by atoms with Gasteiger partial charge in [-0.05, 0) is 32.4 Å². The molecule has 1 aliphatic carbocycles. The molecule has 3 rings (SSSR count). The van der Waals surface area contributed by atoms with Gasteiger partial charge < -0.3 is 4.74 Å². The number of nitrogens with zero attached hydrogens (tertiary/aromatic N) is 2. The maximum atomic E-state index is 14.4. The Labute approximate surface area is 122 Å². The summed E-state index contributed by atoms with van der Waals surface area (Å²) in [6.07, 6.45) is 3.58. The molecular formula is C16H15FN2O2. The lowest BCUT2D eigenvalue weighted by atomic mass is 10.1. The average molecular weight is 286 g/mol. The van der Waals surface area contributed by atoms with Gasteiger partial charge in [-0.25, -0.2) is 4.39 Å². The predicted octanol–water partition coefficient (Wildman–Crippen LogP) is 3.19. The summed E-state index contributed by atoms with van der Waals surface area (Å²) in [5.74, 6) is -0.291. The quantitative estimate of drug-likeness (QED) is 0.869. The minimum Gasteiger partial charge on any atom is -0.481 e. The lowest BCUT2D eigenvalue weighted by Gasteiger charge is -2.17. The molecule has 0 amide bonds. The number of halogens is 1. The summed E-state index contributed by atoms with van der Waals surface area (Å²) in [7, 11) is 0. The molecule has 0 spiro atoms. The highest BCUT2D eigenvalue weighted by Gasteiger charge is 2.26. The highest BCUT2D eigenvalue weighted by atomic mass is 19.1. The monoisotopic (exact) mass is 286 g/mol. The first-order chi connectivity index (χ1) is 10.1. The van der Waals surface area contributed by atoms with Crippen LogP contribution in [0.2, 0.25) is 0 Å². The van der Waals surface area contributed by atoms with Gasteiger partial charge in [-0.3, -0.25) is 14.8 Å². The highest BCUT2D eigenvalue weighted by molar-refractivity contribution is 6.00. The second kappa shape index (κ2) is 5.24. The third-order valence-corrected chi connectivity index (χ3v) is 3.72. The zero-order chi connectivity index (χ0) is 15.0. The summed E-state index contributed by atoms with van der Waals surface area (Å²) >= 11 is 0. The molecule has 4 nitrogen and oxygen atoms in total. The van der Waals surface area contributed by atoms with Gasteiger partial charge in [-0.15, -0.1) is 0 Å². The maximum Gasteiger partial charge on any atom is 0.169 e. The Bertz CT molecular complexity index is 715. The Morgan fingerprint density at radius 3 is 2.76 bits per heavy atom. The van der Waals surface area contributed by atoms with E-state index in [0.29, 0.717) is 29.7 Å². The molecule has 0 aliphatic heterocycles. The van der Waals surface area contributed by atoms with Crippen LogP contribution in [-0.4, -0.2) is 15.8 Å². The van der Waals surface area contributed by atoms with Crippen molar-refractivity contribution in [1.29, 1.82) is 0 Å². The highest BCUT2D eigenvalue weighted by Crippen LogP contribution is 2.32. The van der Waals surface area contributed by atoms with E-state index in [4.69, 9.17) is 4.74 Å². The Balaban J connectivity index is 1.89. The van der Waals surface area contributed by atoms with E-state index in [-0.39, 0.29) is 11.5 Å². The van der Waals surface area contributed by atoms with Gasteiger partial charge in [0.1, 0.15) is 11.8 Å². The average Bonchev–Trinajstić information content (AvgIpc) is 2.84. The van der Waals surface area contributed by atoms with Crippen LogP contribution in [-0.2, 0) is 6.42 Å². The number of hydrogen-bond donors (Lipinski definition) is 0. The third kappa shape index (κ3) is 2.39. The Hall–Kier alpha value is -2.30. The van der Waals surface area contributed by atoms with Gasteiger partial charge >= 0.3 is 0 Å². The van der Waals surface area contributed by atoms with E-state index >= 15 is 0 Å². The van der Waals surface area contributed by atoms with Crippen molar-refractivity contribution in [3.63, 3.8) is 0 Å². The van der Waals surface area contributed by atoms with Crippen LogP contribution in [0.15, 0.2) is 24.5 Å². The number of rotatable bonds is 3. The van der Waals surface area contributed by atoms with E-state index in [1.165, 1.54) is 6.07 Å². The largest absolute Gasteiger partial charge is 0.481 e. The molecule has 0 N–H and O–H groups in total. The third-order valence-electron chi connectivity index (χ3n) is 3.72. The van der Waals surface area contributed by atoms with Gasteiger partial charge in [-0.1, -0.05) is 0 Å². The van der Waals surface area contributed by atoms with E-state index in [0.717, 1.165) is 5.69 Å². The number of hydrogen-bond acceptors (Lipinski definition) is 4. The smallest absolute Gasteiger partial charge is 0.169 e. The molecule has 5 heteroatoms. The first-order valence-electron chi connectivity index (χ1n) is 6.86. The van der Waals surface area contributed by atoms with Crippen molar-refractivity contribution in [2.45, 2.75) is 32.8 Å². The molecular weight excluding hydrogens is 271 g/mol. The fraction of sp³-hybridized carbons (Fsp3) is 0.312. The SMILES string of the molecule is Cc1nccnc1C(C)Oc1ccc2c(c1F)CCC2=O. The van der Waals surface area contributed by atoms with Crippen molar-refractivity contribution in [1.82, 2.24) is 9.97 Å². The van der Waals surface area contributed by atoms with Gasteiger partial charge in [-0.2, -0.15) is 0 Å². The van der Waals surface area contributed by atoms with Crippen LogP contribution in [0.1, 0.15) is 46.8 Å². The number of ether oxygens (including phenoxy) is 1. The fourth-order valence-corrected chi connectivity index (χ4v) is 2.63. The molecule has 0 fully saturated rings. The van der Waals surface area contributed by atoms with Gasteiger partial charge in [0.25, 0.3) is 0 Å². The molecule has 0 bridgehead atoms. The van der Waals surface area contributed by atoms with Gasteiger partial charge in [0, 0.05) is 29.9 Å². The first kappa shape index (κ1) is 13.7. The van der Waals surface area contributed by atoms with Gasteiger partial charge in [0.2, 0.25) is 0 Å². The molecule has 1 aliphatic rings. The van der Waals surface area contributed by atoms with Crippen molar-refractivity contribution in [2.75, 3.05) is 0 Å². The van der Waals surface area contributed by atoms with E-state index in [9.17, 15) is 9.18 Å². The van der Waals surface area contributed by atoms with E-state index < -0.39 is 11.9 Å². The van der Waals surface area contributed by atoms with E-state index in [1.54, 1.807) is 25.4 Å². The van der Waals surface area contributed by atoms with Crippen LogP contribution in [0, 0.1) is 12.7 Å². The molecule has 1 heterocycles. The van der Waals surface area contributed by atoms with Gasteiger partial charge in [0.05, 0.1) is 5.69 Å².